The maximum Gasteiger partial charge on any atom is 0.435 e. The zero-order valence-electron chi connectivity index (χ0n) is 32.6. The third-order valence-corrected chi connectivity index (χ3v) is 7.83. The van der Waals surface area contributed by atoms with Gasteiger partial charge in [0.25, 0.3) is 0 Å². The SMILES string of the molecule is CC(C)(C)OC(=O)n1cc(-c2ccc(Nc3nc(Cl)nc4ccoc34)cc2)cn1.COc1cnc(C)nc1Nc1ccc(-c2cnn(C(=O)OC(C)(C)C)c2)cc1. The van der Waals surface area contributed by atoms with Crippen LogP contribution in [0.15, 0.2) is 96.3 Å². The zero-order chi connectivity index (χ0) is 40.9. The van der Waals surface area contributed by atoms with Gasteiger partial charge in [-0.2, -0.15) is 24.5 Å². The lowest BCUT2D eigenvalue weighted by Gasteiger charge is -2.18. The monoisotopic (exact) mass is 792 g/mol. The van der Waals surface area contributed by atoms with E-state index in [1.54, 1.807) is 44.2 Å². The van der Waals surface area contributed by atoms with Gasteiger partial charge >= 0.3 is 12.2 Å². The highest BCUT2D eigenvalue weighted by atomic mass is 35.5. The zero-order valence-corrected chi connectivity index (χ0v) is 33.3. The van der Waals surface area contributed by atoms with Crippen LogP contribution in [-0.4, -0.2) is 70.0 Å². The molecule has 7 rings (SSSR count). The Balaban J connectivity index is 0.000000193. The van der Waals surface area contributed by atoms with Gasteiger partial charge < -0.3 is 29.3 Å². The van der Waals surface area contributed by atoms with Gasteiger partial charge in [-0.05, 0) is 95.5 Å². The van der Waals surface area contributed by atoms with Crippen LogP contribution in [0.3, 0.4) is 0 Å². The first-order valence-electron chi connectivity index (χ1n) is 17.6. The molecule has 5 heterocycles. The Morgan fingerprint density at radius 2 is 1.19 bits per heavy atom. The molecule has 16 nitrogen and oxygen atoms in total. The summed E-state index contributed by atoms with van der Waals surface area (Å²) in [5.74, 6) is 2.29. The molecule has 0 spiro atoms. The highest BCUT2D eigenvalue weighted by Crippen LogP contribution is 2.29. The number of halogens is 1. The summed E-state index contributed by atoms with van der Waals surface area (Å²) in [5.41, 5.74) is 5.06. The number of carbonyl (C=O) groups is 2. The van der Waals surface area contributed by atoms with E-state index in [9.17, 15) is 9.59 Å². The van der Waals surface area contributed by atoms with Crippen LogP contribution in [0.4, 0.5) is 32.6 Å². The maximum atomic E-state index is 12.1. The Morgan fingerprint density at radius 1 is 0.684 bits per heavy atom. The van der Waals surface area contributed by atoms with Crippen molar-refractivity contribution in [1.82, 2.24) is 39.5 Å². The van der Waals surface area contributed by atoms with Gasteiger partial charge in [0.15, 0.2) is 23.0 Å². The average molecular weight is 793 g/mol. The van der Waals surface area contributed by atoms with Crippen molar-refractivity contribution in [2.75, 3.05) is 17.7 Å². The normalized spacial score (nSPS) is 11.4. The van der Waals surface area contributed by atoms with Crippen LogP contribution in [0.5, 0.6) is 5.75 Å². The van der Waals surface area contributed by atoms with Crippen molar-refractivity contribution in [2.24, 2.45) is 0 Å². The minimum atomic E-state index is -0.584. The number of fused-ring (bicyclic) bond motifs is 1. The number of carbonyl (C=O) groups excluding carboxylic acids is 2. The summed E-state index contributed by atoms with van der Waals surface area (Å²) in [5, 5.41) is 14.7. The lowest BCUT2D eigenvalue weighted by Crippen LogP contribution is -2.27. The summed E-state index contributed by atoms with van der Waals surface area (Å²) in [7, 11) is 1.57. The van der Waals surface area contributed by atoms with Crippen molar-refractivity contribution >= 4 is 57.9 Å². The Labute approximate surface area is 333 Å². The van der Waals surface area contributed by atoms with Gasteiger partial charge in [-0.15, -0.1) is 0 Å². The number of methoxy groups -OCH3 is 1. The standard InChI is InChI=1S/C20H18ClN5O3.C20H23N5O3/c1-20(2,3)29-19(27)26-11-13(10-22-26)12-4-6-14(7-5-12)23-17-16-15(8-9-28-16)24-18(21)25-17;1-13-21-11-17(27-5)18(23-13)24-16-8-6-14(7-9-16)15-10-22-25(12-15)19(26)28-20(2,3)4/h4-11H,1-3H3,(H,23,24,25);6-12H,1-5H3,(H,21,23,24). The molecule has 17 heteroatoms. The average Bonchev–Trinajstić information content (AvgIpc) is 3.94. The highest BCUT2D eigenvalue weighted by Gasteiger charge is 2.20. The highest BCUT2D eigenvalue weighted by molar-refractivity contribution is 6.28. The molecule has 0 saturated heterocycles. The fourth-order valence-corrected chi connectivity index (χ4v) is 5.32. The summed E-state index contributed by atoms with van der Waals surface area (Å²) in [6, 6.07) is 17.0. The van der Waals surface area contributed by atoms with Crippen LogP contribution in [0.2, 0.25) is 5.28 Å². The molecular weight excluding hydrogens is 752 g/mol. The molecule has 5 aromatic heterocycles. The van der Waals surface area contributed by atoms with Crippen molar-refractivity contribution in [2.45, 2.75) is 59.7 Å². The molecule has 7 aromatic rings. The number of aromatic nitrogens is 8. The fraction of sp³-hybridized carbons (Fsp3) is 0.250. The van der Waals surface area contributed by atoms with Gasteiger partial charge in [-0.1, -0.05) is 24.3 Å². The molecule has 0 fully saturated rings. The second kappa shape index (κ2) is 16.5. The molecule has 0 amide bonds. The van der Waals surface area contributed by atoms with Crippen molar-refractivity contribution in [3.05, 3.63) is 103 Å². The summed E-state index contributed by atoms with van der Waals surface area (Å²) in [4.78, 5) is 41.0. The summed E-state index contributed by atoms with van der Waals surface area (Å²) in [6.45, 7) is 12.7. The Bertz CT molecular complexity index is 2500. The van der Waals surface area contributed by atoms with Crippen molar-refractivity contribution in [3.8, 4) is 28.0 Å². The summed E-state index contributed by atoms with van der Waals surface area (Å²) >= 11 is 5.97. The number of nitrogens with zero attached hydrogens (tertiary/aromatic N) is 8. The van der Waals surface area contributed by atoms with E-state index in [4.69, 9.17) is 30.2 Å². The van der Waals surface area contributed by atoms with E-state index < -0.39 is 23.4 Å². The third-order valence-electron chi connectivity index (χ3n) is 7.66. The second-order valence-electron chi connectivity index (χ2n) is 14.5. The van der Waals surface area contributed by atoms with E-state index in [1.165, 1.54) is 15.6 Å². The van der Waals surface area contributed by atoms with E-state index in [0.717, 1.165) is 33.6 Å². The molecule has 0 atom stereocenters. The van der Waals surface area contributed by atoms with Crippen LogP contribution in [0.1, 0.15) is 47.4 Å². The predicted octanol–water partition coefficient (Wildman–Crippen LogP) is 9.45. The molecular formula is C40H41ClN10O6. The van der Waals surface area contributed by atoms with E-state index in [-0.39, 0.29) is 5.28 Å². The quantitative estimate of drug-likeness (QED) is 0.145. The van der Waals surface area contributed by atoms with Crippen LogP contribution >= 0.6 is 11.6 Å². The molecule has 2 N–H and O–H groups in total. The minimum absolute atomic E-state index is 0.132. The van der Waals surface area contributed by atoms with Crippen molar-refractivity contribution in [3.63, 3.8) is 0 Å². The van der Waals surface area contributed by atoms with Crippen LogP contribution in [0.25, 0.3) is 33.4 Å². The van der Waals surface area contributed by atoms with Gasteiger partial charge in [-0.3, -0.25) is 0 Å². The molecule has 0 bridgehead atoms. The first kappa shape index (κ1) is 39.9. The number of nitrogens with one attached hydrogen (secondary N) is 2. The maximum absolute atomic E-state index is 12.1. The molecule has 2 aromatic carbocycles. The van der Waals surface area contributed by atoms with Crippen LogP contribution in [0, 0.1) is 6.92 Å². The Kier molecular flexibility index (Phi) is 11.5. The number of hydrogen-bond acceptors (Lipinski definition) is 14. The first-order chi connectivity index (χ1) is 27.0. The largest absolute Gasteiger partial charge is 0.491 e. The molecule has 0 saturated carbocycles. The predicted molar refractivity (Wildman–Crippen MR) is 215 cm³/mol. The number of rotatable bonds is 7. The topological polar surface area (TPSA) is 186 Å². The molecule has 0 aliphatic rings. The lowest BCUT2D eigenvalue weighted by molar-refractivity contribution is 0.0503. The van der Waals surface area contributed by atoms with E-state index >= 15 is 0 Å². The van der Waals surface area contributed by atoms with Crippen LogP contribution < -0.4 is 15.4 Å². The number of ether oxygens (including phenoxy) is 3. The van der Waals surface area contributed by atoms with Gasteiger partial charge in [0.1, 0.15) is 22.5 Å². The molecule has 0 aliphatic carbocycles. The number of hydrogen-bond donors (Lipinski definition) is 2. The van der Waals surface area contributed by atoms with Crippen molar-refractivity contribution in [1.29, 1.82) is 0 Å². The van der Waals surface area contributed by atoms with Gasteiger partial charge in [0.05, 0.1) is 32.0 Å². The Hall–Kier alpha value is -6.81. The molecule has 294 valence electrons. The number of benzene rings is 2. The molecule has 0 unspecified atom stereocenters. The van der Waals surface area contributed by atoms with E-state index in [1.807, 2.05) is 97.0 Å². The number of anilines is 4. The third kappa shape index (κ3) is 10.5. The van der Waals surface area contributed by atoms with E-state index in [0.29, 0.717) is 34.3 Å². The van der Waals surface area contributed by atoms with Gasteiger partial charge in [0, 0.05) is 41.0 Å². The van der Waals surface area contributed by atoms with Crippen molar-refractivity contribution < 1.29 is 28.2 Å². The van der Waals surface area contributed by atoms with E-state index in [2.05, 4.69) is 40.8 Å². The molecule has 0 radical (unpaired) electrons. The first-order valence-corrected chi connectivity index (χ1v) is 18.0. The second-order valence-corrected chi connectivity index (χ2v) is 14.9. The van der Waals surface area contributed by atoms with Gasteiger partial charge in [-0.25, -0.2) is 24.5 Å². The lowest BCUT2D eigenvalue weighted by atomic mass is 10.1. The smallest absolute Gasteiger partial charge is 0.435 e. The molecule has 0 aliphatic heterocycles. The summed E-state index contributed by atoms with van der Waals surface area (Å²) < 4.78 is 23.7. The minimum Gasteiger partial charge on any atom is -0.491 e. The summed E-state index contributed by atoms with van der Waals surface area (Å²) in [6.07, 6.45) is 8.65. The Morgan fingerprint density at radius 3 is 1.68 bits per heavy atom. The van der Waals surface area contributed by atoms with Crippen LogP contribution in [-0.2, 0) is 9.47 Å². The van der Waals surface area contributed by atoms with Gasteiger partial charge in [0.2, 0.25) is 5.28 Å². The molecule has 57 heavy (non-hydrogen) atoms. The number of furan rings is 1. The fourth-order valence-electron chi connectivity index (χ4n) is 5.14. The number of aryl methyl sites for hydroxylation is 1.